The zero-order chi connectivity index (χ0) is 7.65. The van der Waals surface area contributed by atoms with Crippen molar-refractivity contribution in [2.75, 3.05) is 0 Å². The number of hydrogen-bond donors (Lipinski definition) is 3. The lowest BCUT2D eigenvalue weighted by Crippen LogP contribution is -2.38. The summed E-state index contributed by atoms with van der Waals surface area (Å²) in [5.74, 6) is -0.321. The fourth-order valence-corrected chi connectivity index (χ4v) is 0.295. The molecule has 0 aliphatic heterocycles. The van der Waals surface area contributed by atoms with Gasteiger partial charge in [-0.1, -0.05) is 0 Å². The van der Waals surface area contributed by atoms with Crippen LogP contribution in [-0.4, -0.2) is 19.0 Å². The van der Waals surface area contributed by atoms with Gasteiger partial charge in [-0.05, 0) is 13.8 Å². The quantitative estimate of drug-likeness (QED) is 0.277. The molecule has 54 valence electrons. The van der Waals surface area contributed by atoms with E-state index in [0.717, 1.165) is 0 Å². The first-order valence-electron chi connectivity index (χ1n) is 2.38. The van der Waals surface area contributed by atoms with Gasteiger partial charge in [0.15, 0.2) is 10.7 Å². The first-order valence-corrected chi connectivity index (χ1v) is 3.55. The third-order valence-electron chi connectivity index (χ3n) is 1.12. The summed E-state index contributed by atoms with van der Waals surface area (Å²) in [5, 5.41) is 6.82. The monoisotopic (exact) mass is 150 g/mol. The Morgan fingerprint density at radius 2 is 1.89 bits per heavy atom. The molecule has 5 heteroatoms. The minimum Gasteiger partial charge on any atom is -0.386 e. The van der Waals surface area contributed by atoms with E-state index < -0.39 is 15.5 Å². The molecule has 0 heterocycles. The second kappa shape index (κ2) is 2.34. The molecule has 9 heavy (non-hydrogen) atoms. The van der Waals surface area contributed by atoms with Crippen molar-refractivity contribution in [3.05, 3.63) is 0 Å². The minimum absolute atomic E-state index is 0.321. The maximum atomic E-state index is 10.3. The number of nitrogens with two attached hydrogens (primary N) is 1. The SMILES string of the molecule is CC(C)(C(=N)N)[SH](=O)=O. The van der Waals surface area contributed by atoms with Crippen molar-refractivity contribution in [1.82, 2.24) is 0 Å². The van der Waals surface area contributed by atoms with Gasteiger partial charge < -0.3 is 5.73 Å². The van der Waals surface area contributed by atoms with Gasteiger partial charge in [-0.15, -0.1) is 0 Å². The predicted octanol–water partition coefficient (Wildman–Crippen LogP) is -0.688. The van der Waals surface area contributed by atoms with E-state index in [-0.39, 0.29) is 5.84 Å². The summed E-state index contributed by atoms with van der Waals surface area (Å²) in [7, 11) is -2.63. The molecule has 0 aromatic rings. The fraction of sp³-hybridized carbons (Fsp3) is 0.750. The smallest absolute Gasteiger partial charge is 0.152 e. The molecule has 0 aromatic carbocycles. The second-order valence-corrected chi connectivity index (χ2v) is 3.86. The van der Waals surface area contributed by atoms with Gasteiger partial charge in [0.25, 0.3) is 0 Å². The van der Waals surface area contributed by atoms with Gasteiger partial charge in [-0.25, -0.2) is 8.42 Å². The highest BCUT2D eigenvalue weighted by Crippen LogP contribution is 2.04. The number of amidine groups is 1. The van der Waals surface area contributed by atoms with Crippen molar-refractivity contribution in [1.29, 1.82) is 5.41 Å². The predicted molar refractivity (Wildman–Crippen MR) is 36.3 cm³/mol. The molecule has 0 saturated heterocycles. The lowest BCUT2D eigenvalue weighted by Gasteiger charge is -2.13. The largest absolute Gasteiger partial charge is 0.386 e. The lowest BCUT2D eigenvalue weighted by atomic mass is 10.2. The molecule has 0 unspecified atom stereocenters. The van der Waals surface area contributed by atoms with Crippen LogP contribution in [0.3, 0.4) is 0 Å². The van der Waals surface area contributed by atoms with Gasteiger partial charge >= 0.3 is 0 Å². The number of nitrogens with one attached hydrogen (secondary N) is 1. The van der Waals surface area contributed by atoms with E-state index in [4.69, 9.17) is 11.1 Å². The van der Waals surface area contributed by atoms with Crippen LogP contribution >= 0.6 is 0 Å². The summed E-state index contributed by atoms with van der Waals surface area (Å²) in [6, 6.07) is 0. The van der Waals surface area contributed by atoms with Gasteiger partial charge in [0.2, 0.25) is 0 Å². The Labute approximate surface area is 55.5 Å². The molecule has 0 amide bonds. The Kier molecular flexibility index (Phi) is 2.19. The van der Waals surface area contributed by atoms with Crippen LogP contribution in [0.1, 0.15) is 13.8 Å². The van der Waals surface area contributed by atoms with Gasteiger partial charge in [0.1, 0.15) is 10.6 Å². The number of rotatable bonds is 2. The van der Waals surface area contributed by atoms with Crippen LogP contribution < -0.4 is 5.73 Å². The van der Waals surface area contributed by atoms with Crippen LogP contribution in [0.4, 0.5) is 0 Å². The van der Waals surface area contributed by atoms with Crippen LogP contribution in [0.5, 0.6) is 0 Å². The average Bonchev–Trinajstić information content (AvgIpc) is 1.65. The van der Waals surface area contributed by atoms with Crippen LogP contribution in [0.25, 0.3) is 0 Å². The fourth-order valence-electron chi connectivity index (χ4n) is 0.0983. The molecule has 0 fully saturated rings. The topological polar surface area (TPSA) is 84.0 Å². The minimum atomic E-state index is -2.63. The van der Waals surface area contributed by atoms with E-state index in [1.165, 1.54) is 13.8 Å². The first-order chi connectivity index (χ1) is 3.89. The standard InChI is InChI=1S/C4H10N2O2S/c1-4(2,3(5)6)9(7)8/h9H,1-2H3,(H3,5,6). The Bertz CT molecular complexity index is 187. The van der Waals surface area contributed by atoms with Crippen LogP contribution in [0.15, 0.2) is 0 Å². The van der Waals surface area contributed by atoms with Crippen LogP contribution in [0.2, 0.25) is 0 Å². The Morgan fingerprint density at radius 1 is 1.56 bits per heavy atom. The molecule has 0 radical (unpaired) electrons. The third-order valence-corrected chi connectivity index (χ3v) is 2.27. The molecule has 0 aliphatic rings. The average molecular weight is 150 g/mol. The van der Waals surface area contributed by atoms with Crippen LogP contribution in [0, 0.1) is 5.41 Å². The highest BCUT2D eigenvalue weighted by Gasteiger charge is 2.24. The van der Waals surface area contributed by atoms with Crippen molar-refractivity contribution >= 4 is 16.5 Å². The van der Waals surface area contributed by atoms with E-state index >= 15 is 0 Å². The maximum Gasteiger partial charge on any atom is 0.152 e. The molecular formula is C4H10N2O2S. The molecule has 0 bridgehead atoms. The summed E-state index contributed by atoms with van der Waals surface area (Å²) < 4.78 is 19.4. The van der Waals surface area contributed by atoms with Gasteiger partial charge in [0.05, 0.1) is 0 Å². The Morgan fingerprint density at radius 3 is 1.89 bits per heavy atom. The summed E-state index contributed by atoms with van der Waals surface area (Å²) in [4.78, 5) is 0. The molecule has 0 aliphatic carbocycles. The van der Waals surface area contributed by atoms with Crippen molar-refractivity contribution < 1.29 is 8.42 Å². The lowest BCUT2D eigenvalue weighted by molar-refractivity contribution is 0.597. The Hall–Kier alpha value is -0.580. The van der Waals surface area contributed by atoms with E-state index in [2.05, 4.69) is 0 Å². The zero-order valence-electron chi connectivity index (χ0n) is 5.34. The normalized spacial score (nSPS) is 11.9. The van der Waals surface area contributed by atoms with E-state index in [9.17, 15) is 8.42 Å². The van der Waals surface area contributed by atoms with Gasteiger partial charge in [-0.2, -0.15) is 0 Å². The first kappa shape index (κ1) is 8.42. The maximum absolute atomic E-state index is 10.3. The molecule has 4 nitrogen and oxygen atoms in total. The van der Waals surface area contributed by atoms with E-state index in [0.29, 0.717) is 0 Å². The second-order valence-electron chi connectivity index (χ2n) is 2.23. The van der Waals surface area contributed by atoms with Crippen LogP contribution in [-0.2, 0) is 10.7 Å². The van der Waals surface area contributed by atoms with Crippen molar-refractivity contribution in [3.63, 3.8) is 0 Å². The van der Waals surface area contributed by atoms with E-state index in [1.807, 2.05) is 0 Å². The van der Waals surface area contributed by atoms with Gasteiger partial charge in [0, 0.05) is 0 Å². The summed E-state index contributed by atoms with van der Waals surface area (Å²) >= 11 is 0. The number of hydrogen-bond acceptors (Lipinski definition) is 3. The molecule has 0 aromatic heterocycles. The molecule has 0 rings (SSSR count). The Balaban J connectivity index is 4.59. The summed E-state index contributed by atoms with van der Waals surface area (Å²) in [6.45, 7) is 2.78. The molecule has 0 atom stereocenters. The zero-order valence-corrected chi connectivity index (χ0v) is 6.24. The third kappa shape index (κ3) is 1.67. The van der Waals surface area contributed by atoms with E-state index in [1.54, 1.807) is 0 Å². The highest BCUT2D eigenvalue weighted by molar-refractivity contribution is 7.75. The van der Waals surface area contributed by atoms with Crippen molar-refractivity contribution in [3.8, 4) is 0 Å². The molecule has 0 spiro atoms. The molecule has 3 N–H and O–H groups in total. The van der Waals surface area contributed by atoms with Gasteiger partial charge in [-0.3, -0.25) is 5.41 Å². The summed E-state index contributed by atoms with van der Waals surface area (Å²) in [5.41, 5.74) is 4.97. The number of thiol groups is 1. The van der Waals surface area contributed by atoms with Crippen molar-refractivity contribution in [2.45, 2.75) is 18.6 Å². The molecular weight excluding hydrogens is 140 g/mol. The summed E-state index contributed by atoms with van der Waals surface area (Å²) in [6.07, 6.45) is 0. The van der Waals surface area contributed by atoms with Crippen molar-refractivity contribution in [2.24, 2.45) is 5.73 Å². The molecule has 0 saturated carbocycles. The highest BCUT2D eigenvalue weighted by atomic mass is 32.2.